The maximum atomic E-state index is 5.58. The minimum absolute atomic E-state index is 0.397. The number of ether oxygens (including phenoxy) is 1. The lowest BCUT2D eigenvalue weighted by Crippen LogP contribution is -2.29. The molecule has 0 radical (unpaired) electrons. The van der Waals surface area contributed by atoms with Crippen LogP contribution in [0.2, 0.25) is 0 Å². The van der Waals surface area contributed by atoms with E-state index in [0.717, 1.165) is 18.2 Å². The Balaban J connectivity index is 1.88. The number of thiazole rings is 1. The molecule has 4 heteroatoms. The van der Waals surface area contributed by atoms with Crippen molar-refractivity contribution in [1.82, 2.24) is 10.3 Å². The van der Waals surface area contributed by atoms with Gasteiger partial charge in [0.2, 0.25) is 0 Å². The maximum absolute atomic E-state index is 5.58. The molecule has 3 nitrogen and oxygen atoms in total. The molecule has 3 unspecified atom stereocenters. The zero-order valence-corrected chi connectivity index (χ0v) is 11.9. The highest BCUT2D eigenvalue weighted by atomic mass is 32.1. The molecule has 0 bridgehead atoms. The first-order valence-electron chi connectivity index (χ1n) is 6.37. The predicted molar refractivity (Wildman–Crippen MR) is 71.5 cm³/mol. The molecule has 1 aromatic heterocycles. The zero-order chi connectivity index (χ0) is 12.4. The van der Waals surface area contributed by atoms with E-state index in [-0.39, 0.29) is 0 Å². The van der Waals surface area contributed by atoms with Gasteiger partial charge in [0.15, 0.2) is 0 Å². The summed E-state index contributed by atoms with van der Waals surface area (Å²) in [4.78, 5) is 5.85. The molecule has 2 heterocycles. The minimum atomic E-state index is 0.397. The van der Waals surface area contributed by atoms with E-state index in [2.05, 4.69) is 38.0 Å². The van der Waals surface area contributed by atoms with Gasteiger partial charge < -0.3 is 10.1 Å². The number of hydrogen-bond donors (Lipinski definition) is 1. The van der Waals surface area contributed by atoms with Gasteiger partial charge in [-0.05, 0) is 40.0 Å². The summed E-state index contributed by atoms with van der Waals surface area (Å²) >= 11 is 1.80. The van der Waals surface area contributed by atoms with Crippen LogP contribution in [-0.4, -0.2) is 24.2 Å². The van der Waals surface area contributed by atoms with Crippen LogP contribution in [-0.2, 0) is 4.74 Å². The molecule has 17 heavy (non-hydrogen) atoms. The van der Waals surface area contributed by atoms with Crippen LogP contribution in [0.25, 0.3) is 0 Å². The van der Waals surface area contributed by atoms with E-state index in [1.165, 1.54) is 17.0 Å². The summed E-state index contributed by atoms with van der Waals surface area (Å²) in [6.07, 6.45) is 1.58. The summed E-state index contributed by atoms with van der Waals surface area (Å²) in [5, 5.41) is 4.77. The van der Waals surface area contributed by atoms with Crippen LogP contribution in [0, 0.1) is 19.8 Å². The number of hydrogen-bond acceptors (Lipinski definition) is 4. The Morgan fingerprint density at radius 1 is 1.53 bits per heavy atom. The molecule has 96 valence electrons. The van der Waals surface area contributed by atoms with Crippen LogP contribution >= 0.6 is 11.3 Å². The second-order valence-electron chi connectivity index (χ2n) is 4.94. The SMILES string of the molecule is Cc1nc(C)c(C(C)NCC2CCOC2C)s1. The van der Waals surface area contributed by atoms with Gasteiger partial charge in [-0.3, -0.25) is 0 Å². The normalized spacial score (nSPS) is 26.4. The Labute approximate surface area is 108 Å². The summed E-state index contributed by atoms with van der Waals surface area (Å²) in [6, 6.07) is 0.397. The van der Waals surface area contributed by atoms with Crippen molar-refractivity contribution in [3.8, 4) is 0 Å². The van der Waals surface area contributed by atoms with E-state index < -0.39 is 0 Å². The molecule has 0 aromatic carbocycles. The smallest absolute Gasteiger partial charge is 0.0900 e. The van der Waals surface area contributed by atoms with Gasteiger partial charge in [-0.1, -0.05) is 0 Å². The number of nitrogens with zero attached hydrogens (tertiary/aromatic N) is 1. The van der Waals surface area contributed by atoms with Crippen molar-refractivity contribution in [1.29, 1.82) is 0 Å². The van der Waals surface area contributed by atoms with Crippen LogP contribution in [0.3, 0.4) is 0 Å². The summed E-state index contributed by atoms with van der Waals surface area (Å²) < 4.78 is 5.58. The molecule has 0 amide bonds. The van der Waals surface area contributed by atoms with E-state index in [9.17, 15) is 0 Å². The summed E-state index contributed by atoms with van der Waals surface area (Å²) in [5.74, 6) is 0.659. The average Bonchev–Trinajstić information content (AvgIpc) is 2.81. The van der Waals surface area contributed by atoms with Gasteiger partial charge in [0.25, 0.3) is 0 Å². The van der Waals surface area contributed by atoms with E-state index in [1.54, 1.807) is 11.3 Å². The maximum Gasteiger partial charge on any atom is 0.0900 e. The standard InChI is InChI=1S/C13H22N2OS/c1-8(13-9(2)15-11(4)17-13)14-7-12-5-6-16-10(12)3/h8,10,12,14H,5-7H2,1-4H3. The van der Waals surface area contributed by atoms with E-state index in [0.29, 0.717) is 18.1 Å². The molecule has 0 spiro atoms. The molecular formula is C13H22N2OS. The first-order chi connectivity index (χ1) is 8.08. The number of rotatable bonds is 4. The number of nitrogens with one attached hydrogen (secondary N) is 1. The third-order valence-corrected chi connectivity index (χ3v) is 4.81. The highest BCUT2D eigenvalue weighted by Crippen LogP contribution is 2.26. The van der Waals surface area contributed by atoms with Crippen molar-refractivity contribution in [2.24, 2.45) is 5.92 Å². The molecule has 1 N–H and O–H groups in total. The highest BCUT2D eigenvalue weighted by Gasteiger charge is 2.24. The first-order valence-corrected chi connectivity index (χ1v) is 7.18. The second-order valence-corrected chi connectivity index (χ2v) is 6.17. The predicted octanol–water partition coefficient (Wildman–Crippen LogP) is 2.84. The molecule has 3 atom stereocenters. The summed E-state index contributed by atoms with van der Waals surface area (Å²) in [7, 11) is 0. The Morgan fingerprint density at radius 2 is 2.29 bits per heavy atom. The van der Waals surface area contributed by atoms with Crippen LogP contribution in [0.1, 0.15) is 41.9 Å². The van der Waals surface area contributed by atoms with Crippen molar-refractivity contribution in [2.45, 2.75) is 46.3 Å². The van der Waals surface area contributed by atoms with Gasteiger partial charge in [0.05, 0.1) is 16.8 Å². The van der Waals surface area contributed by atoms with Gasteiger partial charge in [-0.2, -0.15) is 0 Å². The summed E-state index contributed by atoms with van der Waals surface area (Å²) in [5.41, 5.74) is 1.17. The fourth-order valence-corrected chi connectivity index (χ4v) is 3.37. The molecule has 1 aromatic rings. The van der Waals surface area contributed by atoms with Gasteiger partial charge in [-0.25, -0.2) is 4.98 Å². The van der Waals surface area contributed by atoms with Gasteiger partial charge in [0.1, 0.15) is 0 Å². The number of aromatic nitrogens is 1. The lowest BCUT2D eigenvalue weighted by Gasteiger charge is -2.18. The third kappa shape index (κ3) is 3.06. The van der Waals surface area contributed by atoms with Crippen LogP contribution < -0.4 is 5.32 Å². The largest absolute Gasteiger partial charge is 0.378 e. The summed E-state index contributed by atoms with van der Waals surface area (Å²) in [6.45, 7) is 10.5. The molecule has 1 saturated heterocycles. The van der Waals surface area contributed by atoms with Crippen molar-refractivity contribution in [3.05, 3.63) is 15.6 Å². The minimum Gasteiger partial charge on any atom is -0.378 e. The van der Waals surface area contributed by atoms with Crippen molar-refractivity contribution < 1.29 is 4.74 Å². The van der Waals surface area contributed by atoms with E-state index in [1.807, 2.05) is 0 Å². The molecule has 1 fully saturated rings. The molecule has 0 saturated carbocycles. The lowest BCUT2D eigenvalue weighted by atomic mass is 10.0. The molecule has 0 aliphatic carbocycles. The van der Waals surface area contributed by atoms with Gasteiger partial charge >= 0.3 is 0 Å². The molecule has 1 aliphatic heterocycles. The van der Waals surface area contributed by atoms with Gasteiger partial charge in [0, 0.05) is 24.1 Å². The monoisotopic (exact) mass is 254 g/mol. The fraction of sp³-hybridized carbons (Fsp3) is 0.769. The Kier molecular flexibility index (Phi) is 4.17. The first kappa shape index (κ1) is 13.0. The fourth-order valence-electron chi connectivity index (χ4n) is 2.41. The van der Waals surface area contributed by atoms with Gasteiger partial charge in [-0.15, -0.1) is 11.3 Å². The third-order valence-electron chi connectivity index (χ3n) is 3.55. The van der Waals surface area contributed by atoms with Crippen molar-refractivity contribution in [2.75, 3.05) is 13.2 Å². The van der Waals surface area contributed by atoms with E-state index in [4.69, 9.17) is 4.74 Å². The van der Waals surface area contributed by atoms with E-state index >= 15 is 0 Å². The quantitative estimate of drug-likeness (QED) is 0.897. The Hall–Kier alpha value is -0.450. The van der Waals surface area contributed by atoms with Crippen molar-refractivity contribution >= 4 is 11.3 Å². The Bertz CT molecular complexity index is 377. The molecule has 1 aliphatic rings. The van der Waals surface area contributed by atoms with Crippen molar-refractivity contribution in [3.63, 3.8) is 0 Å². The topological polar surface area (TPSA) is 34.2 Å². The molecular weight excluding hydrogens is 232 g/mol. The van der Waals surface area contributed by atoms with Crippen LogP contribution in [0.4, 0.5) is 0 Å². The van der Waals surface area contributed by atoms with Crippen LogP contribution in [0.5, 0.6) is 0 Å². The molecule has 2 rings (SSSR count). The zero-order valence-electron chi connectivity index (χ0n) is 11.1. The number of aryl methyl sites for hydroxylation is 2. The Morgan fingerprint density at radius 3 is 2.82 bits per heavy atom. The van der Waals surface area contributed by atoms with Crippen LogP contribution in [0.15, 0.2) is 0 Å². The second kappa shape index (κ2) is 5.46. The average molecular weight is 254 g/mol. The highest BCUT2D eigenvalue weighted by molar-refractivity contribution is 7.11. The lowest BCUT2D eigenvalue weighted by molar-refractivity contribution is 0.105.